The van der Waals surface area contributed by atoms with Crippen LogP contribution >= 0.6 is 11.6 Å². The first kappa shape index (κ1) is 16.3. The van der Waals surface area contributed by atoms with Gasteiger partial charge in [0.25, 0.3) is 0 Å². The lowest BCUT2D eigenvalue weighted by atomic mass is 10.0. The molecule has 0 amide bonds. The highest BCUT2D eigenvalue weighted by Crippen LogP contribution is 2.27. The fraction of sp³-hybridized carbons (Fsp3) is 0.0500. The second-order valence-corrected chi connectivity index (χ2v) is 6.30. The Bertz CT molecular complexity index is 1120. The van der Waals surface area contributed by atoms with E-state index in [2.05, 4.69) is 15.0 Å². The number of halogens is 1. The van der Waals surface area contributed by atoms with Crippen LogP contribution < -0.4 is 10.3 Å². The average molecular weight is 363 g/mol. The topological polar surface area (TPSA) is 61.9 Å². The first-order valence-corrected chi connectivity index (χ1v) is 8.43. The molecule has 1 N–H and O–H groups in total. The number of fused-ring (bicyclic) bond motifs is 1. The summed E-state index contributed by atoms with van der Waals surface area (Å²) in [6.07, 6.45) is 6.83. The van der Waals surface area contributed by atoms with E-state index in [-0.39, 0.29) is 5.43 Å². The zero-order chi connectivity index (χ0) is 18.1. The summed E-state index contributed by atoms with van der Waals surface area (Å²) in [5, 5.41) is 1.17. The van der Waals surface area contributed by atoms with E-state index in [0.29, 0.717) is 21.8 Å². The SMILES string of the molecule is CN(c1ccncc1)c1nccc2[nH]cc(-c3ccc(Cl)cc3)c(=O)c12. The Morgan fingerprint density at radius 3 is 2.46 bits per heavy atom. The minimum atomic E-state index is -0.0786. The molecular formula is C20H15ClN4O. The van der Waals surface area contributed by atoms with Gasteiger partial charge in [0.05, 0.1) is 10.9 Å². The van der Waals surface area contributed by atoms with Gasteiger partial charge in [-0.2, -0.15) is 0 Å². The van der Waals surface area contributed by atoms with Gasteiger partial charge in [0, 0.05) is 48.1 Å². The van der Waals surface area contributed by atoms with E-state index in [1.165, 1.54) is 0 Å². The fourth-order valence-corrected chi connectivity index (χ4v) is 3.06. The number of nitrogens with one attached hydrogen (secondary N) is 1. The van der Waals surface area contributed by atoms with E-state index in [4.69, 9.17) is 11.6 Å². The molecule has 0 saturated carbocycles. The average Bonchev–Trinajstić information content (AvgIpc) is 2.69. The van der Waals surface area contributed by atoms with Crippen LogP contribution in [0.5, 0.6) is 0 Å². The molecule has 0 fully saturated rings. The highest BCUT2D eigenvalue weighted by Gasteiger charge is 2.15. The Labute approximate surface area is 154 Å². The number of aromatic nitrogens is 3. The van der Waals surface area contributed by atoms with Crippen molar-refractivity contribution in [3.05, 3.63) is 82.5 Å². The van der Waals surface area contributed by atoms with E-state index in [1.54, 1.807) is 43.0 Å². The van der Waals surface area contributed by atoms with Gasteiger partial charge in [0.1, 0.15) is 5.82 Å². The Morgan fingerprint density at radius 1 is 1.00 bits per heavy atom. The predicted octanol–water partition coefficient (Wildman–Crippen LogP) is 4.41. The molecule has 4 aromatic rings. The molecule has 26 heavy (non-hydrogen) atoms. The molecule has 4 rings (SSSR count). The summed E-state index contributed by atoms with van der Waals surface area (Å²) in [6.45, 7) is 0. The van der Waals surface area contributed by atoms with Crippen LogP contribution in [0, 0.1) is 0 Å². The molecule has 0 bridgehead atoms. The number of hydrogen-bond acceptors (Lipinski definition) is 4. The summed E-state index contributed by atoms with van der Waals surface area (Å²) < 4.78 is 0. The molecular weight excluding hydrogens is 348 g/mol. The van der Waals surface area contributed by atoms with Crippen LogP contribution in [0.25, 0.3) is 22.0 Å². The number of hydrogen-bond donors (Lipinski definition) is 1. The summed E-state index contributed by atoms with van der Waals surface area (Å²) in [7, 11) is 1.88. The largest absolute Gasteiger partial charge is 0.360 e. The monoisotopic (exact) mass is 362 g/mol. The Kier molecular flexibility index (Phi) is 4.14. The zero-order valence-electron chi connectivity index (χ0n) is 14.0. The predicted molar refractivity (Wildman–Crippen MR) is 105 cm³/mol. The van der Waals surface area contributed by atoms with Crippen LogP contribution in [-0.2, 0) is 0 Å². The molecule has 0 atom stereocenters. The molecule has 0 aliphatic carbocycles. The van der Waals surface area contributed by atoms with Crippen molar-refractivity contribution in [2.45, 2.75) is 0 Å². The molecule has 5 nitrogen and oxygen atoms in total. The maximum Gasteiger partial charge on any atom is 0.200 e. The normalized spacial score (nSPS) is 10.8. The Morgan fingerprint density at radius 2 is 1.73 bits per heavy atom. The van der Waals surface area contributed by atoms with Crippen LogP contribution in [0.1, 0.15) is 0 Å². The number of nitrogens with zero attached hydrogens (tertiary/aromatic N) is 3. The van der Waals surface area contributed by atoms with Crippen LogP contribution in [0.4, 0.5) is 11.5 Å². The molecule has 0 aliphatic heterocycles. The summed E-state index contributed by atoms with van der Waals surface area (Å²) >= 11 is 5.96. The van der Waals surface area contributed by atoms with Crippen molar-refractivity contribution in [1.82, 2.24) is 15.0 Å². The lowest BCUT2D eigenvalue weighted by molar-refractivity contribution is 1.13. The first-order chi connectivity index (χ1) is 12.6. The van der Waals surface area contributed by atoms with E-state index < -0.39 is 0 Å². The molecule has 3 heterocycles. The molecule has 6 heteroatoms. The lowest BCUT2D eigenvalue weighted by Crippen LogP contribution is -2.16. The number of aromatic amines is 1. The molecule has 1 aromatic carbocycles. The van der Waals surface area contributed by atoms with Crippen molar-refractivity contribution < 1.29 is 0 Å². The van der Waals surface area contributed by atoms with Crippen LogP contribution in [-0.4, -0.2) is 22.0 Å². The Balaban J connectivity index is 1.94. The lowest BCUT2D eigenvalue weighted by Gasteiger charge is -2.19. The number of pyridine rings is 3. The van der Waals surface area contributed by atoms with E-state index in [0.717, 1.165) is 16.8 Å². The maximum absolute atomic E-state index is 13.2. The van der Waals surface area contributed by atoms with Gasteiger partial charge in [-0.25, -0.2) is 4.98 Å². The summed E-state index contributed by atoms with van der Waals surface area (Å²) in [5.41, 5.74) is 2.94. The zero-order valence-corrected chi connectivity index (χ0v) is 14.7. The molecule has 0 radical (unpaired) electrons. The van der Waals surface area contributed by atoms with Crippen molar-refractivity contribution in [2.24, 2.45) is 0 Å². The molecule has 0 aliphatic rings. The minimum Gasteiger partial charge on any atom is -0.360 e. The van der Waals surface area contributed by atoms with Gasteiger partial charge >= 0.3 is 0 Å². The van der Waals surface area contributed by atoms with Crippen molar-refractivity contribution >= 4 is 34.0 Å². The maximum atomic E-state index is 13.2. The summed E-state index contributed by atoms with van der Waals surface area (Å²) in [4.78, 5) is 26.8. The second kappa shape index (κ2) is 6.61. The van der Waals surface area contributed by atoms with Gasteiger partial charge < -0.3 is 9.88 Å². The highest BCUT2D eigenvalue weighted by atomic mass is 35.5. The van der Waals surface area contributed by atoms with Crippen molar-refractivity contribution in [2.75, 3.05) is 11.9 Å². The van der Waals surface area contributed by atoms with Gasteiger partial charge in [-0.3, -0.25) is 9.78 Å². The van der Waals surface area contributed by atoms with E-state index >= 15 is 0 Å². The van der Waals surface area contributed by atoms with Gasteiger partial charge in [-0.15, -0.1) is 0 Å². The molecule has 0 saturated heterocycles. The quantitative estimate of drug-likeness (QED) is 0.586. The molecule has 0 unspecified atom stereocenters. The van der Waals surface area contributed by atoms with Crippen LogP contribution in [0.15, 0.2) is 72.0 Å². The van der Waals surface area contributed by atoms with Crippen LogP contribution in [0.2, 0.25) is 5.02 Å². The van der Waals surface area contributed by atoms with Crippen molar-refractivity contribution in [3.8, 4) is 11.1 Å². The second-order valence-electron chi connectivity index (χ2n) is 5.86. The number of benzene rings is 1. The van der Waals surface area contributed by atoms with Crippen molar-refractivity contribution in [3.63, 3.8) is 0 Å². The first-order valence-electron chi connectivity index (χ1n) is 8.05. The summed E-state index contributed by atoms with van der Waals surface area (Å²) in [5.74, 6) is 0.589. The molecule has 0 spiro atoms. The number of rotatable bonds is 3. The standard InChI is InChI=1S/C20H15ClN4O/c1-25(15-6-9-22-10-7-15)20-18-17(8-11-23-20)24-12-16(19(18)26)13-2-4-14(21)5-3-13/h2-12H,1H3,(H,24,26). The van der Waals surface area contributed by atoms with E-state index in [9.17, 15) is 4.79 Å². The summed E-state index contributed by atoms with van der Waals surface area (Å²) in [6, 6.07) is 12.8. The number of H-pyrrole nitrogens is 1. The minimum absolute atomic E-state index is 0.0786. The van der Waals surface area contributed by atoms with Gasteiger partial charge in [0.15, 0.2) is 0 Å². The molecule has 128 valence electrons. The van der Waals surface area contributed by atoms with Gasteiger partial charge in [0.2, 0.25) is 5.43 Å². The van der Waals surface area contributed by atoms with Gasteiger partial charge in [-0.1, -0.05) is 23.7 Å². The third kappa shape index (κ3) is 2.82. The van der Waals surface area contributed by atoms with Crippen LogP contribution in [0.3, 0.4) is 0 Å². The van der Waals surface area contributed by atoms with E-state index in [1.807, 2.05) is 36.2 Å². The van der Waals surface area contributed by atoms with Crippen molar-refractivity contribution in [1.29, 1.82) is 0 Å². The molecule has 3 aromatic heterocycles. The van der Waals surface area contributed by atoms with Gasteiger partial charge in [-0.05, 0) is 35.9 Å². The fourth-order valence-electron chi connectivity index (χ4n) is 2.93. The third-order valence-corrected chi connectivity index (χ3v) is 4.55. The third-order valence-electron chi connectivity index (χ3n) is 4.30. The number of anilines is 2. The smallest absolute Gasteiger partial charge is 0.200 e. The Hall–Kier alpha value is -3.18. The highest BCUT2D eigenvalue weighted by molar-refractivity contribution is 6.30.